The minimum absolute atomic E-state index is 0.619. The van der Waals surface area contributed by atoms with Crippen LogP contribution in [0.2, 0.25) is 0 Å². The molecule has 1 rings (SSSR count). The summed E-state index contributed by atoms with van der Waals surface area (Å²) in [4.78, 5) is 2.36. The van der Waals surface area contributed by atoms with Crippen molar-refractivity contribution in [3.63, 3.8) is 0 Å². The number of nitrogens with one attached hydrogen (secondary N) is 1. The molecule has 17 heavy (non-hydrogen) atoms. The number of aryl methyl sites for hydroxylation is 1. The fourth-order valence-corrected chi connectivity index (χ4v) is 1.69. The van der Waals surface area contributed by atoms with E-state index in [9.17, 15) is 0 Å². The van der Waals surface area contributed by atoms with Crippen LogP contribution in [-0.2, 0) is 0 Å². The average Bonchev–Trinajstić information content (AvgIpc) is 2.26. The van der Waals surface area contributed by atoms with Crippen molar-refractivity contribution >= 4 is 11.4 Å². The van der Waals surface area contributed by atoms with Crippen molar-refractivity contribution in [2.45, 2.75) is 33.2 Å². The van der Waals surface area contributed by atoms with Crippen molar-refractivity contribution in [2.24, 2.45) is 0 Å². The number of nitrogen functional groups attached to an aromatic ring is 1. The third-order valence-electron chi connectivity index (χ3n) is 3.14. The molecule has 3 heteroatoms. The number of rotatable bonds is 6. The van der Waals surface area contributed by atoms with Gasteiger partial charge >= 0.3 is 0 Å². The van der Waals surface area contributed by atoms with Crippen molar-refractivity contribution in [1.82, 2.24) is 4.90 Å². The van der Waals surface area contributed by atoms with Gasteiger partial charge in [0.15, 0.2) is 0 Å². The van der Waals surface area contributed by atoms with Crippen molar-refractivity contribution < 1.29 is 0 Å². The van der Waals surface area contributed by atoms with E-state index < -0.39 is 0 Å². The molecule has 1 aromatic rings. The summed E-state index contributed by atoms with van der Waals surface area (Å²) in [6.07, 6.45) is 1.15. The van der Waals surface area contributed by atoms with Crippen molar-refractivity contribution in [2.75, 3.05) is 31.2 Å². The van der Waals surface area contributed by atoms with Gasteiger partial charge in [0, 0.05) is 24.0 Å². The number of nitrogens with two attached hydrogens (primary N) is 1. The van der Waals surface area contributed by atoms with Gasteiger partial charge in [0.25, 0.3) is 0 Å². The standard InChI is InChI=1S/C14H25N3/c1-11(2)17(4)9-5-8-16-14-7-6-13(15)10-12(14)3/h6-7,10-11,16H,5,8-9,15H2,1-4H3. The van der Waals surface area contributed by atoms with E-state index in [0.717, 1.165) is 25.2 Å². The first-order valence-electron chi connectivity index (χ1n) is 6.31. The van der Waals surface area contributed by atoms with Gasteiger partial charge in [-0.1, -0.05) is 0 Å². The predicted molar refractivity (Wildman–Crippen MR) is 76.5 cm³/mol. The quantitative estimate of drug-likeness (QED) is 0.588. The number of hydrogen-bond acceptors (Lipinski definition) is 3. The van der Waals surface area contributed by atoms with E-state index >= 15 is 0 Å². The number of nitrogens with zero attached hydrogens (tertiary/aromatic N) is 1. The molecule has 0 saturated carbocycles. The first kappa shape index (κ1) is 13.8. The Labute approximate surface area is 105 Å². The van der Waals surface area contributed by atoms with Crippen LogP contribution in [0.1, 0.15) is 25.8 Å². The van der Waals surface area contributed by atoms with Gasteiger partial charge in [-0.3, -0.25) is 0 Å². The van der Waals surface area contributed by atoms with Gasteiger partial charge in [0.2, 0.25) is 0 Å². The van der Waals surface area contributed by atoms with Gasteiger partial charge in [-0.15, -0.1) is 0 Å². The molecular formula is C14H25N3. The summed E-state index contributed by atoms with van der Waals surface area (Å²) >= 11 is 0. The summed E-state index contributed by atoms with van der Waals surface area (Å²) in [5, 5.41) is 3.45. The maximum Gasteiger partial charge on any atom is 0.0371 e. The number of hydrogen-bond donors (Lipinski definition) is 2. The molecule has 3 nitrogen and oxygen atoms in total. The van der Waals surface area contributed by atoms with Gasteiger partial charge in [-0.25, -0.2) is 0 Å². The van der Waals surface area contributed by atoms with E-state index in [-0.39, 0.29) is 0 Å². The second kappa shape index (κ2) is 6.50. The fraction of sp³-hybridized carbons (Fsp3) is 0.571. The summed E-state index contributed by atoms with van der Waals surface area (Å²) in [6.45, 7) is 8.65. The summed E-state index contributed by atoms with van der Waals surface area (Å²) in [6, 6.07) is 6.61. The van der Waals surface area contributed by atoms with Gasteiger partial charge in [0.1, 0.15) is 0 Å². The molecule has 3 N–H and O–H groups in total. The maximum absolute atomic E-state index is 5.72. The molecule has 0 aliphatic heterocycles. The molecule has 0 heterocycles. The minimum Gasteiger partial charge on any atom is -0.399 e. The molecule has 0 radical (unpaired) electrons. The minimum atomic E-state index is 0.619. The molecule has 0 aromatic heterocycles. The molecule has 96 valence electrons. The highest BCUT2D eigenvalue weighted by Crippen LogP contribution is 2.17. The zero-order valence-corrected chi connectivity index (χ0v) is 11.5. The highest BCUT2D eigenvalue weighted by atomic mass is 15.1. The molecule has 0 unspecified atom stereocenters. The Morgan fingerprint density at radius 3 is 2.65 bits per heavy atom. The third-order valence-corrected chi connectivity index (χ3v) is 3.14. The first-order chi connectivity index (χ1) is 8.00. The molecular weight excluding hydrogens is 210 g/mol. The third kappa shape index (κ3) is 4.65. The van der Waals surface area contributed by atoms with E-state index in [1.165, 1.54) is 11.3 Å². The van der Waals surface area contributed by atoms with E-state index in [0.29, 0.717) is 6.04 Å². The Bertz CT molecular complexity index is 347. The molecule has 0 fully saturated rings. The van der Waals surface area contributed by atoms with Crippen molar-refractivity contribution in [3.8, 4) is 0 Å². The highest BCUT2D eigenvalue weighted by molar-refractivity contribution is 5.57. The highest BCUT2D eigenvalue weighted by Gasteiger charge is 2.02. The molecule has 0 saturated heterocycles. The average molecular weight is 235 g/mol. The Kier molecular flexibility index (Phi) is 5.29. The Hall–Kier alpha value is -1.22. The summed E-state index contributed by atoms with van der Waals surface area (Å²) in [7, 11) is 2.17. The van der Waals surface area contributed by atoms with Gasteiger partial charge in [0.05, 0.1) is 0 Å². The fourth-order valence-electron chi connectivity index (χ4n) is 1.69. The smallest absolute Gasteiger partial charge is 0.0371 e. The Balaban J connectivity index is 2.31. The molecule has 0 aliphatic rings. The van der Waals surface area contributed by atoms with Crippen LogP contribution < -0.4 is 11.1 Å². The monoisotopic (exact) mass is 235 g/mol. The Morgan fingerprint density at radius 1 is 1.35 bits per heavy atom. The second-order valence-electron chi connectivity index (χ2n) is 4.93. The lowest BCUT2D eigenvalue weighted by atomic mass is 10.2. The van der Waals surface area contributed by atoms with Crippen LogP contribution in [0.15, 0.2) is 18.2 Å². The van der Waals surface area contributed by atoms with E-state index in [4.69, 9.17) is 5.73 Å². The van der Waals surface area contributed by atoms with Crippen LogP contribution in [0.25, 0.3) is 0 Å². The van der Waals surface area contributed by atoms with Crippen LogP contribution in [0.4, 0.5) is 11.4 Å². The number of benzene rings is 1. The second-order valence-corrected chi connectivity index (χ2v) is 4.93. The molecule has 0 atom stereocenters. The van der Waals surface area contributed by atoms with Crippen LogP contribution >= 0.6 is 0 Å². The molecule has 0 aliphatic carbocycles. The molecule has 0 bridgehead atoms. The van der Waals surface area contributed by atoms with Gasteiger partial charge in [-0.2, -0.15) is 0 Å². The molecule has 0 amide bonds. The lowest BCUT2D eigenvalue weighted by molar-refractivity contribution is 0.273. The normalized spacial score (nSPS) is 11.2. The summed E-state index contributed by atoms with van der Waals surface area (Å²) in [5.41, 5.74) is 8.94. The van der Waals surface area contributed by atoms with Crippen molar-refractivity contribution in [3.05, 3.63) is 23.8 Å². The van der Waals surface area contributed by atoms with E-state index in [1.807, 2.05) is 12.1 Å². The van der Waals surface area contributed by atoms with E-state index in [1.54, 1.807) is 0 Å². The molecule has 1 aromatic carbocycles. The zero-order chi connectivity index (χ0) is 12.8. The topological polar surface area (TPSA) is 41.3 Å². The first-order valence-corrected chi connectivity index (χ1v) is 6.31. The SMILES string of the molecule is Cc1cc(N)ccc1NCCCN(C)C(C)C. The lowest BCUT2D eigenvalue weighted by Crippen LogP contribution is -2.28. The van der Waals surface area contributed by atoms with Crippen LogP contribution in [0.3, 0.4) is 0 Å². The van der Waals surface area contributed by atoms with Crippen LogP contribution in [0.5, 0.6) is 0 Å². The summed E-state index contributed by atoms with van der Waals surface area (Å²) < 4.78 is 0. The predicted octanol–water partition coefficient (Wildman–Crippen LogP) is 2.72. The van der Waals surface area contributed by atoms with Gasteiger partial charge in [-0.05, 0) is 64.5 Å². The van der Waals surface area contributed by atoms with Crippen LogP contribution in [-0.4, -0.2) is 31.1 Å². The lowest BCUT2D eigenvalue weighted by Gasteiger charge is -2.21. The van der Waals surface area contributed by atoms with Crippen molar-refractivity contribution in [1.29, 1.82) is 0 Å². The van der Waals surface area contributed by atoms with Crippen LogP contribution in [0, 0.1) is 6.92 Å². The Morgan fingerprint density at radius 2 is 2.06 bits per heavy atom. The summed E-state index contributed by atoms with van der Waals surface area (Å²) in [5.74, 6) is 0. The maximum atomic E-state index is 5.72. The number of anilines is 2. The largest absolute Gasteiger partial charge is 0.399 e. The van der Waals surface area contributed by atoms with E-state index in [2.05, 4.69) is 44.1 Å². The molecule has 0 spiro atoms. The van der Waals surface area contributed by atoms with Gasteiger partial charge < -0.3 is 16.0 Å². The zero-order valence-electron chi connectivity index (χ0n) is 11.5.